The molecule has 30 heavy (non-hydrogen) atoms. The first kappa shape index (κ1) is 21.9. The van der Waals surface area contributed by atoms with E-state index >= 15 is 0 Å². The maximum Gasteiger partial charge on any atom is 0.269 e. The summed E-state index contributed by atoms with van der Waals surface area (Å²) in [6.45, 7) is 3.11. The van der Waals surface area contributed by atoms with Crippen molar-refractivity contribution in [2.45, 2.75) is 26.5 Å². The van der Waals surface area contributed by atoms with E-state index in [1.807, 2.05) is 18.2 Å². The molecule has 0 aliphatic heterocycles. The lowest BCUT2D eigenvalue weighted by molar-refractivity contribution is -0.384. The zero-order valence-electron chi connectivity index (χ0n) is 16.9. The summed E-state index contributed by atoms with van der Waals surface area (Å²) < 4.78 is 12.5. The lowest BCUT2D eigenvalue weighted by Crippen LogP contribution is -2.05. The van der Waals surface area contributed by atoms with E-state index in [1.165, 1.54) is 17.7 Å². The van der Waals surface area contributed by atoms with Gasteiger partial charge in [0.1, 0.15) is 6.61 Å². The molecule has 3 aromatic rings. The van der Waals surface area contributed by atoms with Crippen LogP contribution in [0.25, 0.3) is 0 Å². The minimum atomic E-state index is -0.414. The van der Waals surface area contributed by atoms with Crippen LogP contribution in [0.3, 0.4) is 0 Å². The molecule has 0 amide bonds. The minimum absolute atomic E-state index is 0.0624. The van der Waals surface area contributed by atoms with Crippen LogP contribution in [0.1, 0.15) is 23.6 Å². The van der Waals surface area contributed by atoms with Crippen molar-refractivity contribution >= 4 is 34.0 Å². The molecule has 0 saturated carbocycles. The summed E-state index contributed by atoms with van der Waals surface area (Å²) in [7, 11) is 1.62. The topological polar surface area (TPSA) is 73.6 Å². The van der Waals surface area contributed by atoms with Gasteiger partial charge >= 0.3 is 0 Å². The quantitative estimate of drug-likeness (QED) is 0.215. The summed E-state index contributed by atoms with van der Waals surface area (Å²) in [6, 6.07) is 18.7. The smallest absolute Gasteiger partial charge is 0.269 e. The Labute approximate surface area is 189 Å². The fraction of sp³-hybridized carbons (Fsp3) is 0.217. The molecule has 156 valence electrons. The molecular formula is C23H23IN2O4. The van der Waals surface area contributed by atoms with Gasteiger partial charge in [-0.1, -0.05) is 25.1 Å². The van der Waals surface area contributed by atoms with E-state index in [0.29, 0.717) is 24.7 Å². The van der Waals surface area contributed by atoms with Gasteiger partial charge in [0, 0.05) is 24.4 Å². The van der Waals surface area contributed by atoms with Crippen molar-refractivity contribution in [2.24, 2.45) is 0 Å². The van der Waals surface area contributed by atoms with E-state index in [0.717, 1.165) is 26.8 Å². The maximum atomic E-state index is 10.8. The van der Waals surface area contributed by atoms with Crippen LogP contribution < -0.4 is 14.8 Å². The highest BCUT2D eigenvalue weighted by molar-refractivity contribution is 14.1. The van der Waals surface area contributed by atoms with Crippen molar-refractivity contribution in [1.82, 2.24) is 0 Å². The average molecular weight is 518 g/mol. The Morgan fingerprint density at radius 3 is 2.47 bits per heavy atom. The van der Waals surface area contributed by atoms with Crippen molar-refractivity contribution < 1.29 is 14.4 Å². The van der Waals surface area contributed by atoms with Crippen LogP contribution in [-0.4, -0.2) is 12.0 Å². The number of methoxy groups -OCH3 is 1. The SMILES string of the molecule is CCc1ccccc1NCc1cc(I)c(OCc2ccc([N+](=O)[O-])cc2)c(OC)c1. The molecular weight excluding hydrogens is 495 g/mol. The Kier molecular flexibility index (Phi) is 7.51. The molecule has 0 atom stereocenters. The molecule has 0 aliphatic rings. The van der Waals surface area contributed by atoms with Crippen LogP contribution in [-0.2, 0) is 19.6 Å². The van der Waals surface area contributed by atoms with Crippen LogP contribution >= 0.6 is 22.6 Å². The van der Waals surface area contributed by atoms with Gasteiger partial charge in [-0.2, -0.15) is 0 Å². The van der Waals surface area contributed by atoms with Crippen molar-refractivity contribution in [3.05, 3.63) is 91.0 Å². The number of nitro groups is 1. The maximum absolute atomic E-state index is 10.8. The molecule has 6 nitrogen and oxygen atoms in total. The summed E-state index contributed by atoms with van der Waals surface area (Å²) in [4.78, 5) is 10.4. The zero-order valence-corrected chi connectivity index (χ0v) is 19.0. The predicted octanol–water partition coefficient (Wildman–Crippen LogP) is 5.96. The van der Waals surface area contributed by atoms with Gasteiger partial charge in [-0.15, -0.1) is 0 Å². The van der Waals surface area contributed by atoms with Gasteiger partial charge in [-0.3, -0.25) is 10.1 Å². The first-order valence-electron chi connectivity index (χ1n) is 9.56. The van der Waals surface area contributed by atoms with Gasteiger partial charge in [-0.25, -0.2) is 0 Å². The number of anilines is 1. The zero-order chi connectivity index (χ0) is 21.5. The Morgan fingerprint density at radius 2 is 1.80 bits per heavy atom. The number of rotatable bonds is 9. The summed E-state index contributed by atoms with van der Waals surface area (Å²) in [5.41, 5.74) is 4.41. The van der Waals surface area contributed by atoms with Crippen LogP contribution in [0.15, 0.2) is 60.7 Å². The number of aryl methyl sites for hydroxylation is 1. The molecule has 0 unspecified atom stereocenters. The van der Waals surface area contributed by atoms with Gasteiger partial charge in [0.25, 0.3) is 5.69 Å². The number of hydrogen-bond donors (Lipinski definition) is 1. The first-order valence-corrected chi connectivity index (χ1v) is 10.6. The number of nitrogens with one attached hydrogen (secondary N) is 1. The van der Waals surface area contributed by atoms with E-state index in [4.69, 9.17) is 9.47 Å². The van der Waals surface area contributed by atoms with Gasteiger partial charge in [-0.05, 0) is 76.0 Å². The molecule has 3 rings (SSSR count). The summed E-state index contributed by atoms with van der Waals surface area (Å²) in [5, 5.41) is 14.3. The molecule has 0 aliphatic carbocycles. The number of hydrogen-bond acceptors (Lipinski definition) is 5. The average Bonchev–Trinajstić information content (AvgIpc) is 2.77. The molecule has 3 aromatic carbocycles. The number of nitro benzene ring substituents is 1. The van der Waals surface area contributed by atoms with Crippen LogP contribution in [0.2, 0.25) is 0 Å². The molecule has 0 heterocycles. The van der Waals surface area contributed by atoms with E-state index in [1.54, 1.807) is 19.2 Å². The number of benzene rings is 3. The highest BCUT2D eigenvalue weighted by Crippen LogP contribution is 2.35. The van der Waals surface area contributed by atoms with Crippen molar-refractivity contribution in [1.29, 1.82) is 0 Å². The Hall–Kier alpha value is -2.81. The number of halogens is 1. The van der Waals surface area contributed by atoms with Gasteiger partial charge in [0.15, 0.2) is 11.5 Å². The second kappa shape index (κ2) is 10.3. The number of non-ortho nitro benzene ring substituents is 1. The van der Waals surface area contributed by atoms with Crippen molar-refractivity contribution in [3.8, 4) is 11.5 Å². The Morgan fingerprint density at radius 1 is 1.07 bits per heavy atom. The first-order chi connectivity index (χ1) is 14.5. The largest absolute Gasteiger partial charge is 0.493 e. The Bertz CT molecular complexity index is 1020. The summed E-state index contributed by atoms with van der Waals surface area (Å²) in [6.07, 6.45) is 0.972. The van der Waals surface area contributed by atoms with E-state index in [2.05, 4.69) is 53.0 Å². The van der Waals surface area contributed by atoms with Gasteiger partial charge in [0.05, 0.1) is 15.6 Å². The lowest BCUT2D eigenvalue weighted by atomic mass is 10.1. The fourth-order valence-electron chi connectivity index (χ4n) is 3.08. The third-order valence-electron chi connectivity index (χ3n) is 4.70. The predicted molar refractivity (Wildman–Crippen MR) is 126 cm³/mol. The van der Waals surface area contributed by atoms with Crippen LogP contribution in [0, 0.1) is 13.7 Å². The normalized spacial score (nSPS) is 10.5. The third-order valence-corrected chi connectivity index (χ3v) is 5.50. The molecule has 0 aromatic heterocycles. The number of ether oxygens (including phenoxy) is 2. The van der Waals surface area contributed by atoms with E-state index in [-0.39, 0.29) is 5.69 Å². The highest BCUT2D eigenvalue weighted by atomic mass is 127. The fourth-order valence-corrected chi connectivity index (χ4v) is 3.90. The summed E-state index contributed by atoms with van der Waals surface area (Å²) in [5.74, 6) is 1.32. The van der Waals surface area contributed by atoms with Crippen LogP contribution in [0.5, 0.6) is 11.5 Å². The van der Waals surface area contributed by atoms with Crippen LogP contribution in [0.4, 0.5) is 11.4 Å². The second-order valence-corrected chi connectivity index (χ2v) is 7.85. The Balaban J connectivity index is 1.71. The third kappa shape index (κ3) is 5.41. The van der Waals surface area contributed by atoms with E-state index < -0.39 is 4.92 Å². The molecule has 0 radical (unpaired) electrons. The molecule has 0 saturated heterocycles. The second-order valence-electron chi connectivity index (χ2n) is 6.69. The van der Waals surface area contributed by atoms with Crippen molar-refractivity contribution in [3.63, 3.8) is 0 Å². The lowest BCUT2D eigenvalue weighted by Gasteiger charge is -2.16. The molecule has 0 fully saturated rings. The molecule has 0 bridgehead atoms. The standard InChI is InChI=1S/C23H23IN2O4/c1-3-18-6-4-5-7-21(18)25-14-17-12-20(24)23(22(13-17)29-2)30-15-16-8-10-19(11-9-16)26(27)28/h4-13,25H,3,14-15H2,1-2H3. The van der Waals surface area contributed by atoms with Crippen molar-refractivity contribution in [2.75, 3.05) is 12.4 Å². The van der Waals surface area contributed by atoms with Gasteiger partial charge < -0.3 is 14.8 Å². The number of nitrogens with zero attached hydrogens (tertiary/aromatic N) is 1. The minimum Gasteiger partial charge on any atom is -0.493 e. The molecule has 0 spiro atoms. The molecule has 1 N–H and O–H groups in total. The number of para-hydroxylation sites is 1. The highest BCUT2D eigenvalue weighted by Gasteiger charge is 2.13. The monoisotopic (exact) mass is 518 g/mol. The van der Waals surface area contributed by atoms with Gasteiger partial charge in [0.2, 0.25) is 0 Å². The summed E-state index contributed by atoms with van der Waals surface area (Å²) >= 11 is 2.24. The van der Waals surface area contributed by atoms with E-state index in [9.17, 15) is 10.1 Å². The molecule has 7 heteroatoms.